The molecule has 0 spiro atoms. The van der Waals surface area contributed by atoms with Crippen LogP contribution in [0.4, 0.5) is 0 Å². The third-order valence-corrected chi connectivity index (χ3v) is 2.85. The molecular weight excluding hydrogens is 200 g/mol. The third-order valence-electron chi connectivity index (χ3n) is 2.85. The van der Waals surface area contributed by atoms with E-state index in [4.69, 9.17) is 0 Å². The van der Waals surface area contributed by atoms with E-state index in [1.165, 1.54) is 6.42 Å². The summed E-state index contributed by atoms with van der Waals surface area (Å²) < 4.78 is 0. The Labute approximate surface area is 97.1 Å². The summed E-state index contributed by atoms with van der Waals surface area (Å²) in [6.07, 6.45) is 2.95. The summed E-state index contributed by atoms with van der Waals surface area (Å²) in [5.74, 6) is 0. The predicted molar refractivity (Wildman–Crippen MR) is 64.0 cm³/mol. The topological polar surface area (TPSA) is 41.0 Å². The van der Waals surface area contributed by atoms with Gasteiger partial charge >= 0.3 is 0 Å². The second-order valence-electron chi connectivity index (χ2n) is 4.76. The minimum Gasteiger partial charge on any atom is -0.310 e. The zero-order valence-corrected chi connectivity index (χ0v) is 10.1. The van der Waals surface area contributed by atoms with Gasteiger partial charge in [-0.15, -0.1) is 0 Å². The number of rotatable bonds is 4. The van der Waals surface area contributed by atoms with Gasteiger partial charge in [-0.05, 0) is 18.6 Å². The van der Waals surface area contributed by atoms with E-state index < -0.39 is 0 Å². The van der Waals surface area contributed by atoms with Crippen molar-refractivity contribution in [1.29, 1.82) is 0 Å². The molecule has 1 aliphatic rings. The second kappa shape index (κ2) is 5.37. The van der Waals surface area contributed by atoms with Gasteiger partial charge < -0.3 is 5.32 Å². The van der Waals surface area contributed by atoms with Gasteiger partial charge in [0.1, 0.15) is 0 Å². The van der Waals surface area contributed by atoms with Crippen LogP contribution in [0.1, 0.15) is 26.0 Å². The Morgan fingerprint density at radius 2 is 2.44 bits per heavy atom. The average molecular weight is 220 g/mol. The Morgan fingerprint density at radius 3 is 3.12 bits per heavy atom. The van der Waals surface area contributed by atoms with Gasteiger partial charge in [-0.1, -0.05) is 13.8 Å². The van der Waals surface area contributed by atoms with E-state index in [1.54, 1.807) is 6.20 Å². The van der Waals surface area contributed by atoms with E-state index in [-0.39, 0.29) is 0 Å². The van der Waals surface area contributed by atoms with Crippen LogP contribution in [0.15, 0.2) is 18.3 Å². The van der Waals surface area contributed by atoms with Crippen LogP contribution in [-0.4, -0.2) is 40.3 Å². The summed E-state index contributed by atoms with van der Waals surface area (Å²) in [4.78, 5) is 2.43. The van der Waals surface area contributed by atoms with E-state index in [0.717, 1.165) is 25.3 Å². The molecule has 1 aromatic rings. The number of hydrogen-bond acceptors (Lipinski definition) is 4. The van der Waals surface area contributed by atoms with Crippen molar-refractivity contribution in [3.63, 3.8) is 0 Å². The minimum absolute atomic E-state index is 0.571. The molecule has 4 nitrogen and oxygen atoms in total. The van der Waals surface area contributed by atoms with Gasteiger partial charge in [-0.25, -0.2) is 0 Å². The van der Waals surface area contributed by atoms with E-state index in [9.17, 15) is 0 Å². The molecule has 16 heavy (non-hydrogen) atoms. The van der Waals surface area contributed by atoms with Gasteiger partial charge in [0.15, 0.2) is 0 Å². The maximum Gasteiger partial charge on any atom is 0.0771 e. The van der Waals surface area contributed by atoms with Gasteiger partial charge in [0.05, 0.1) is 5.69 Å². The third kappa shape index (κ3) is 3.25. The van der Waals surface area contributed by atoms with Crippen LogP contribution in [0.2, 0.25) is 0 Å². The largest absolute Gasteiger partial charge is 0.310 e. The minimum atomic E-state index is 0.571. The lowest BCUT2D eigenvalue weighted by molar-refractivity contribution is 0.312. The average Bonchev–Trinajstić information content (AvgIpc) is 2.66. The molecule has 1 unspecified atom stereocenters. The smallest absolute Gasteiger partial charge is 0.0771 e. The Kier molecular flexibility index (Phi) is 3.85. The van der Waals surface area contributed by atoms with Crippen molar-refractivity contribution in [3.05, 3.63) is 24.0 Å². The molecule has 0 aromatic carbocycles. The van der Waals surface area contributed by atoms with Gasteiger partial charge in [0.25, 0.3) is 0 Å². The number of hydrogen-bond donors (Lipinski definition) is 1. The van der Waals surface area contributed by atoms with Crippen molar-refractivity contribution in [2.24, 2.45) is 0 Å². The Balaban J connectivity index is 1.81. The highest BCUT2D eigenvalue weighted by molar-refractivity contribution is 4.99. The SMILES string of the molecule is CC(C)NC1CCN(Cc2cccnn2)C1. The van der Waals surface area contributed by atoms with Crippen LogP contribution in [0.25, 0.3) is 0 Å². The van der Waals surface area contributed by atoms with Crippen LogP contribution < -0.4 is 5.32 Å². The molecule has 1 saturated heterocycles. The molecule has 1 fully saturated rings. The Bertz CT molecular complexity index is 312. The van der Waals surface area contributed by atoms with E-state index in [2.05, 4.69) is 34.3 Å². The fraction of sp³-hybridized carbons (Fsp3) is 0.667. The van der Waals surface area contributed by atoms with Crippen molar-refractivity contribution in [1.82, 2.24) is 20.4 Å². The highest BCUT2D eigenvalue weighted by atomic mass is 15.2. The molecule has 1 N–H and O–H groups in total. The first-order chi connectivity index (χ1) is 7.74. The quantitative estimate of drug-likeness (QED) is 0.823. The highest BCUT2D eigenvalue weighted by Crippen LogP contribution is 2.12. The predicted octanol–water partition coefficient (Wildman–Crippen LogP) is 1.05. The fourth-order valence-corrected chi connectivity index (χ4v) is 2.23. The molecule has 0 saturated carbocycles. The van der Waals surface area contributed by atoms with E-state index >= 15 is 0 Å². The molecule has 0 aliphatic carbocycles. The summed E-state index contributed by atoms with van der Waals surface area (Å²) in [5, 5.41) is 11.6. The standard InChI is InChI=1S/C12H20N4/c1-10(2)14-11-5-7-16(8-11)9-12-4-3-6-13-15-12/h3-4,6,10-11,14H,5,7-9H2,1-2H3. The van der Waals surface area contributed by atoms with Crippen LogP contribution in [-0.2, 0) is 6.54 Å². The zero-order valence-electron chi connectivity index (χ0n) is 10.1. The van der Waals surface area contributed by atoms with Crippen LogP contribution >= 0.6 is 0 Å². The summed E-state index contributed by atoms with van der Waals surface area (Å²) in [5.41, 5.74) is 1.06. The maximum absolute atomic E-state index is 4.12. The first kappa shape index (κ1) is 11.5. The molecule has 1 aliphatic heterocycles. The number of likely N-dealkylation sites (tertiary alicyclic amines) is 1. The molecule has 88 valence electrons. The van der Waals surface area contributed by atoms with E-state index in [0.29, 0.717) is 12.1 Å². The van der Waals surface area contributed by atoms with Gasteiger partial charge in [-0.3, -0.25) is 4.90 Å². The van der Waals surface area contributed by atoms with Crippen LogP contribution in [0, 0.1) is 0 Å². The van der Waals surface area contributed by atoms with Crippen LogP contribution in [0.5, 0.6) is 0 Å². The second-order valence-corrected chi connectivity index (χ2v) is 4.76. The number of nitrogens with zero attached hydrogens (tertiary/aromatic N) is 3. The van der Waals surface area contributed by atoms with Crippen LogP contribution in [0.3, 0.4) is 0 Å². The van der Waals surface area contributed by atoms with Crippen molar-refractivity contribution in [2.45, 2.75) is 38.9 Å². The number of nitrogens with one attached hydrogen (secondary N) is 1. The van der Waals surface area contributed by atoms with Crippen molar-refractivity contribution in [2.75, 3.05) is 13.1 Å². The van der Waals surface area contributed by atoms with E-state index in [1.807, 2.05) is 12.1 Å². The number of aromatic nitrogens is 2. The lowest BCUT2D eigenvalue weighted by Crippen LogP contribution is -2.36. The molecule has 0 radical (unpaired) electrons. The fourth-order valence-electron chi connectivity index (χ4n) is 2.23. The summed E-state index contributed by atoms with van der Waals surface area (Å²) >= 11 is 0. The first-order valence-electron chi connectivity index (χ1n) is 5.99. The summed E-state index contributed by atoms with van der Waals surface area (Å²) in [7, 11) is 0. The maximum atomic E-state index is 4.12. The molecule has 2 heterocycles. The summed E-state index contributed by atoms with van der Waals surface area (Å²) in [6.45, 7) is 7.59. The molecule has 0 amide bonds. The van der Waals surface area contributed by atoms with Crippen molar-refractivity contribution >= 4 is 0 Å². The Morgan fingerprint density at radius 1 is 1.56 bits per heavy atom. The molecule has 2 rings (SSSR count). The van der Waals surface area contributed by atoms with Gasteiger partial charge in [0.2, 0.25) is 0 Å². The van der Waals surface area contributed by atoms with Gasteiger partial charge in [-0.2, -0.15) is 10.2 Å². The normalized spacial score (nSPS) is 21.8. The lowest BCUT2D eigenvalue weighted by atomic mass is 10.2. The zero-order chi connectivity index (χ0) is 11.4. The first-order valence-corrected chi connectivity index (χ1v) is 5.99. The molecule has 1 aromatic heterocycles. The van der Waals surface area contributed by atoms with Crippen molar-refractivity contribution < 1.29 is 0 Å². The van der Waals surface area contributed by atoms with Crippen molar-refractivity contribution in [3.8, 4) is 0 Å². The summed E-state index contributed by atoms with van der Waals surface area (Å²) in [6, 6.07) is 5.19. The molecule has 1 atom stereocenters. The highest BCUT2D eigenvalue weighted by Gasteiger charge is 2.22. The van der Waals surface area contributed by atoms with Gasteiger partial charge in [0, 0.05) is 37.9 Å². The lowest BCUT2D eigenvalue weighted by Gasteiger charge is -2.17. The molecular formula is C12H20N4. The molecule has 0 bridgehead atoms. The molecule has 4 heteroatoms. The Hall–Kier alpha value is -1.00. The monoisotopic (exact) mass is 220 g/mol.